The summed E-state index contributed by atoms with van der Waals surface area (Å²) in [6, 6.07) is 3.10. The summed E-state index contributed by atoms with van der Waals surface area (Å²) < 4.78 is 15.2. The van der Waals surface area contributed by atoms with Crippen molar-refractivity contribution in [1.29, 1.82) is 0 Å². The fourth-order valence-electron chi connectivity index (χ4n) is 2.00. The van der Waals surface area contributed by atoms with E-state index in [4.69, 9.17) is 5.73 Å². The molecule has 2 N–H and O–H groups in total. The van der Waals surface area contributed by atoms with Crippen LogP contribution in [-0.4, -0.2) is 15.9 Å². The lowest BCUT2D eigenvalue weighted by atomic mass is 9.93. The molecular weight excluding hydrogens is 205 g/mol. The fraction of sp³-hybridized carbons (Fsp3) is 0.417. The van der Waals surface area contributed by atoms with E-state index in [1.54, 1.807) is 16.7 Å². The van der Waals surface area contributed by atoms with Gasteiger partial charge >= 0.3 is 0 Å². The highest BCUT2D eigenvalue weighted by Crippen LogP contribution is 2.24. The van der Waals surface area contributed by atoms with Gasteiger partial charge in [0.2, 0.25) is 0 Å². The van der Waals surface area contributed by atoms with E-state index in [0.717, 1.165) is 5.69 Å². The van der Waals surface area contributed by atoms with Crippen LogP contribution in [0.2, 0.25) is 0 Å². The highest BCUT2D eigenvalue weighted by atomic mass is 19.1. The molecule has 0 saturated heterocycles. The van der Waals surface area contributed by atoms with E-state index in [1.165, 1.54) is 6.07 Å². The molecular formula is C12H16FN3. The summed E-state index contributed by atoms with van der Waals surface area (Å²) in [5.41, 5.74) is 7.11. The second-order valence-electron chi connectivity index (χ2n) is 4.32. The lowest BCUT2D eigenvalue weighted by molar-refractivity contribution is 0.492. The molecule has 0 amide bonds. The minimum absolute atomic E-state index is 0.205. The summed E-state index contributed by atoms with van der Waals surface area (Å²) in [7, 11) is 0. The average Bonchev–Trinajstić information content (AvgIpc) is 2.64. The third-order valence-electron chi connectivity index (χ3n) is 2.96. The van der Waals surface area contributed by atoms with E-state index < -0.39 is 0 Å². The van der Waals surface area contributed by atoms with Crippen molar-refractivity contribution in [3.63, 3.8) is 0 Å². The van der Waals surface area contributed by atoms with E-state index in [0.29, 0.717) is 18.1 Å². The Morgan fingerprint density at radius 2 is 2.25 bits per heavy atom. The van der Waals surface area contributed by atoms with Crippen LogP contribution in [-0.2, 0) is 0 Å². The highest BCUT2D eigenvalue weighted by molar-refractivity contribution is 5.42. The molecule has 0 aromatic carbocycles. The Hall–Kier alpha value is -1.42. The quantitative estimate of drug-likeness (QED) is 0.863. The number of fused-ring (bicyclic) bond motifs is 1. The normalized spacial score (nSPS) is 13.6. The Bertz CT molecular complexity index is 490. The largest absolute Gasteiger partial charge is 0.330 e. The second-order valence-corrected chi connectivity index (χ2v) is 4.32. The minimum Gasteiger partial charge on any atom is -0.330 e. The Labute approximate surface area is 94.1 Å². The SMILES string of the molecule is CC(C)C(CN)c1cnc2c(F)cccn12. The molecule has 3 nitrogen and oxygen atoms in total. The molecule has 1 unspecified atom stereocenters. The number of aromatic nitrogens is 2. The van der Waals surface area contributed by atoms with Gasteiger partial charge in [0.25, 0.3) is 0 Å². The number of hydrogen-bond donors (Lipinski definition) is 1. The Balaban J connectivity index is 2.57. The maximum absolute atomic E-state index is 13.5. The van der Waals surface area contributed by atoms with Gasteiger partial charge < -0.3 is 10.1 Å². The van der Waals surface area contributed by atoms with Gasteiger partial charge in [0.05, 0.1) is 0 Å². The van der Waals surface area contributed by atoms with E-state index in [1.807, 2.05) is 6.20 Å². The lowest BCUT2D eigenvalue weighted by Gasteiger charge is -2.18. The van der Waals surface area contributed by atoms with Gasteiger partial charge in [-0.15, -0.1) is 0 Å². The van der Waals surface area contributed by atoms with Crippen LogP contribution < -0.4 is 5.73 Å². The van der Waals surface area contributed by atoms with E-state index in [-0.39, 0.29) is 11.7 Å². The molecule has 0 bridgehead atoms. The summed E-state index contributed by atoms with van der Waals surface area (Å²) >= 11 is 0. The third kappa shape index (κ3) is 1.69. The van der Waals surface area contributed by atoms with Gasteiger partial charge in [-0.05, 0) is 18.1 Å². The molecule has 86 valence electrons. The Kier molecular flexibility index (Phi) is 2.92. The number of nitrogens with zero attached hydrogens (tertiary/aromatic N) is 2. The van der Waals surface area contributed by atoms with Crippen LogP contribution in [0.4, 0.5) is 4.39 Å². The van der Waals surface area contributed by atoms with Crippen molar-refractivity contribution in [2.45, 2.75) is 19.8 Å². The van der Waals surface area contributed by atoms with Crippen molar-refractivity contribution >= 4 is 5.65 Å². The van der Waals surface area contributed by atoms with Gasteiger partial charge in [-0.1, -0.05) is 13.8 Å². The molecule has 0 fully saturated rings. The predicted molar refractivity (Wildman–Crippen MR) is 61.8 cm³/mol. The van der Waals surface area contributed by atoms with Gasteiger partial charge in [0.1, 0.15) is 0 Å². The smallest absolute Gasteiger partial charge is 0.173 e. The van der Waals surface area contributed by atoms with Crippen LogP contribution in [0.1, 0.15) is 25.5 Å². The summed E-state index contributed by atoms with van der Waals surface area (Å²) in [5, 5.41) is 0. The van der Waals surface area contributed by atoms with Crippen molar-refractivity contribution < 1.29 is 4.39 Å². The summed E-state index contributed by atoms with van der Waals surface area (Å²) in [6.07, 6.45) is 3.54. The molecule has 1 atom stereocenters. The molecule has 4 heteroatoms. The Morgan fingerprint density at radius 3 is 2.88 bits per heavy atom. The first-order valence-corrected chi connectivity index (χ1v) is 5.46. The van der Waals surface area contributed by atoms with E-state index in [2.05, 4.69) is 18.8 Å². The van der Waals surface area contributed by atoms with Gasteiger partial charge in [-0.25, -0.2) is 9.37 Å². The average molecular weight is 221 g/mol. The molecule has 0 spiro atoms. The van der Waals surface area contributed by atoms with Gasteiger partial charge in [0, 0.05) is 30.6 Å². The fourth-order valence-corrected chi connectivity index (χ4v) is 2.00. The summed E-state index contributed by atoms with van der Waals surface area (Å²) in [6.45, 7) is 4.76. The van der Waals surface area contributed by atoms with Gasteiger partial charge in [-0.2, -0.15) is 0 Å². The molecule has 0 radical (unpaired) electrons. The van der Waals surface area contributed by atoms with Crippen molar-refractivity contribution in [3.05, 3.63) is 36.0 Å². The zero-order chi connectivity index (χ0) is 11.7. The monoisotopic (exact) mass is 221 g/mol. The lowest BCUT2D eigenvalue weighted by Crippen LogP contribution is -2.19. The topological polar surface area (TPSA) is 43.3 Å². The van der Waals surface area contributed by atoms with Crippen molar-refractivity contribution in [2.75, 3.05) is 6.54 Å². The number of pyridine rings is 1. The van der Waals surface area contributed by atoms with Crippen molar-refractivity contribution in [1.82, 2.24) is 9.38 Å². The van der Waals surface area contributed by atoms with E-state index >= 15 is 0 Å². The van der Waals surface area contributed by atoms with Crippen LogP contribution >= 0.6 is 0 Å². The predicted octanol–water partition coefficient (Wildman–Crippen LogP) is 2.17. The van der Waals surface area contributed by atoms with Crippen LogP contribution in [0, 0.1) is 11.7 Å². The zero-order valence-electron chi connectivity index (χ0n) is 9.52. The number of nitrogens with two attached hydrogens (primary N) is 1. The Morgan fingerprint density at radius 1 is 1.50 bits per heavy atom. The molecule has 2 aromatic heterocycles. The van der Waals surface area contributed by atoms with Gasteiger partial charge in [-0.3, -0.25) is 0 Å². The first-order chi connectivity index (χ1) is 7.65. The van der Waals surface area contributed by atoms with Crippen LogP contribution in [0.25, 0.3) is 5.65 Å². The maximum atomic E-state index is 13.5. The first-order valence-electron chi connectivity index (χ1n) is 5.46. The zero-order valence-corrected chi connectivity index (χ0v) is 9.52. The number of rotatable bonds is 3. The molecule has 0 saturated carbocycles. The molecule has 16 heavy (non-hydrogen) atoms. The molecule has 2 rings (SSSR count). The van der Waals surface area contributed by atoms with Crippen LogP contribution in [0.5, 0.6) is 0 Å². The number of hydrogen-bond acceptors (Lipinski definition) is 2. The molecule has 2 aromatic rings. The van der Waals surface area contributed by atoms with Crippen LogP contribution in [0.3, 0.4) is 0 Å². The summed E-state index contributed by atoms with van der Waals surface area (Å²) in [5.74, 6) is 0.318. The molecule has 0 aliphatic heterocycles. The number of halogens is 1. The van der Waals surface area contributed by atoms with E-state index in [9.17, 15) is 4.39 Å². The first kappa shape index (κ1) is 11.1. The molecule has 0 aliphatic carbocycles. The van der Waals surface area contributed by atoms with Crippen molar-refractivity contribution in [2.24, 2.45) is 11.7 Å². The second kappa shape index (κ2) is 4.22. The summed E-state index contributed by atoms with van der Waals surface area (Å²) in [4.78, 5) is 4.10. The van der Waals surface area contributed by atoms with Crippen LogP contribution in [0.15, 0.2) is 24.5 Å². The standard InChI is InChI=1S/C12H16FN3/c1-8(2)9(6-14)11-7-15-12-10(13)4-3-5-16(11)12/h3-5,7-9H,6,14H2,1-2H3. The molecule has 0 aliphatic rings. The highest BCUT2D eigenvalue weighted by Gasteiger charge is 2.18. The maximum Gasteiger partial charge on any atom is 0.173 e. The van der Waals surface area contributed by atoms with Gasteiger partial charge in [0.15, 0.2) is 11.5 Å². The minimum atomic E-state index is -0.298. The third-order valence-corrected chi connectivity index (χ3v) is 2.96. The molecule has 2 heterocycles. The van der Waals surface area contributed by atoms with Crippen molar-refractivity contribution in [3.8, 4) is 0 Å². The number of imidazole rings is 1.